The van der Waals surface area contributed by atoms with E-state index in [-0.39, 0.29) is 30.4 Å². The lowest BCUT2D eigenvalue weighted by molar-refractivity contribution is -0.712. The highest BCUT2D eigenvalue weighted by atomic mass is 35.5. The van der Waals surface area contributed by atoms with Crippen molar-refractivity contribution in [3.8, 4) is 11.1 Å². The number of rotatable bonds is 16. The molecule has 0 spiro atoms. The van der Waals surface area contributed by atoms with Gasteiger partial charge in [0.25, 0.3) is 0 Å². The molecule has 352 valence electrons. The molecule has 1 unspecified atom stereocenters. The van der Waals surface area contributed by atoms with Crippen LogP contribution in [0.2, 0.25) is 5.02 Å². The molecule has 69 heavy (non-hydrogen) atoms. The van der Waals surface area contributed by atoms with Crippen molar-refractivity contribution in [3.05, 3.63) is 204 Å². The Bertz CT molecular complexity index is 2920. The molecule has 5 aromatic carbocycles. The molecule has 2 aliphatic rings. The fourth-order valence-corrected chi connectivity index (χ4v) is 11.4. The summed E-state index contributed by atoms with van der Waals surface area (Å²) in [5, 5.41) is 7.13. The molecule has 2 aromatic heterocycles. The van der Waals surface area contributed by atoms with E-state index >= 15 is 4.79 Å². The number of fused-ring (bicyclic) bond motifs is 2. The third-order valence-corrected chi connectivity index (χ3v) is 15.4. The van der Waals surface area contributed by atoms with Crippen molar-refractivity contribution in [3.63, 3.8) is 0 Å². The van der Waals surface area contributed by atoms with Gasteiger partial charge in [0.2, 0.25) is 0 Å². The highest BCUT2D eigenvalue weighted by Gasteiger charge is 2.41. The zero-order valence-electron chi connectivity index (χ0n) is 39.6. The number of nitrogens with two attached hydrogens (primary N) is 2. The van der Waals surface area contributed by atoms with E-state index in [1.165, 1.54) is 0 Å². The average Bonchev–Trinajstić information content (AvgIpc) is 3.40. The lowest BCUT2D eigenvalue weighted by Crippen LogP contribution is -2.94. The Labute approximate surface area is 411 Å². The van der Waals surface area contributed by atoms with Crippen molar-refractivity contribution < 1.29 is 29.7 Å². The molecule has 0 bridgehead atoms. The quantitative estimate of drug-likeness (QED) is 0.0737. The van der Waals surface area contributed by atoms with Gasteiger partial charge < -0.3 is 20.1 Å². The minimum Gasteiger partial charge on any atom is -0.451 e. The Hall–Kier alpha value is -6.45. The fourth-order valence-electron chi connectivity index (χ4n) is 11.2. The number of halogens is 1. The molecule has 4 heterocycles. The molecular weight excluding hydrogens is 876 g/mol. The molecule has 0 saturated carbocycles. The number of carbonyl (C=O) groups is 2. The molecule has 8 nitrogen and oxygen atoms in total. The van der Waals surface area contributed by atoms with Crippen LogP contribution >= 0.6 is 11.6 Å². The van der Waals surface area contributed by atoms with E-state index < -0.39 is 18.1 Å². The number of hydrogen-bond acceptors (Lipinski definition) is 6. The van der Waals surface area contributed by atoms with Crippen LogP contribution in [0.4, 0.5) is 0 Å². The minimum absolute atomic E-state index is 0.00502. The van der Waals surface area contributed by atoms with Crippen molar-refractivity contribution in [1.82, 2.24) is 9.97 Å². The Balaban J connectivity index is 1.05. The molecule has 2 fully saturated rings. The molecule has 7 aromatic rings. The Morgan fingerprint density at radius 2 is 1.25 bits per heavy atom. The van der Waals surface area contributed by atoms with Crippen molar-refractivity contribution >= 4 is 45.3 Å². The molecule has 9 atom stereocenters. The van der Waals surface area contributed by atoms with Crippen molar-refractivity contribution in [2.45, 2.75) is 76.2 Å². The number of ether oxygens (including phenoxy) is 2. The van der Waals surface area contributed by atoms with E-state index in [1.807, 2.05) is 109 Å². The number of quaternary nitrogens is 2. The standard InChI is InChI=1S/C60H61ClN4O4/c1-5-38-33-53(64-36-40(38)7-3)58(68-55(66)35-45-19-12-14-23-51(45)61)50-30-32-63-57-46(21-16-22-48(50)57)42-25-27-44(28-26-42)56(43-17-10-9-11-18-43)60(67)69-59(54-34-39(6-2)41(8-4)37-65-54)49-29-31-62-52-24-15-13-20-47(49)52/h7-32,38-41,53-54,56,58-59,64-65H,3-6,33-37H2,1-2H3/p+2/t38-,39-,40-,41-,53-,54+,56?,58+,59-/m0/s1. The normalized spacial score (nSPS) is 21.7. The van der Waals surface area contributed by atoms with E-state index in [4.69, 9.17) is 26.1 Å². The predicted molar refractivity (Wildman–Crippen MR) is 275 cm³/mol. The van der Waals surface area contributed by atoms with Crippen LogP contribution in [-0.4, -0.2) is 47.1 Å². The Morgan fingerprint density at radius 3 is 1.91 bits per heavy atom. The van der Waals surface area contributed by atoms with Crippen molar-refractivity contribution in [2.24, 2.45) is 23.7 Å². The first kappa shape index (κ1) is 47.6. The molecule has 2 aliphatic heterocycles. The third kappa shape index (κ3) is 10.3. The monoisotopic (exact) mass is 938 g/mol. The molecule has 4 N–H and O–H groups in total. The van der Waals surface area contributed by atoms with Crippen LogP contribution in [0.5, 0.6) is 0 Å². The van der Waals surface area contributed by atoms with E-state index in [2.05, 4.69) is 85.1 Å². The van der Waals surface area contributed by atoms with Crippen LogP contribution in [0, 0.1) is 23.7 Å². The molecule has 0 radical (unpaired) electrons. The van der Waals surface area contributed by atoms with Crippen LogP contribution in [0.15, 0.2) is 171 Å². The van der Waals surface area contributed by atoms with Gasteiger partial charge in [0.1, 0.15) is 18.0 Å². The van der Waals surface area contributed by atoms with Gasteiger partial charge in [0.15, 0.2) is 12.2 Å². The van der Waals surface area contributed by atoms with Crippen LogP contribution in [0.1, 0.15) is 85.5 Å². The molecule has 9 heteroatoms. The summed E-state index contributed by atoms with van der Waals surface area (Å²) in [6.07, 6.45) is 10.7. The summed E-state index contributed by atoms with van der Waals surface area (Å²) < 4.78 is 13.4. The molecule has 2 saturated heterocycles. The second-order valence-corrected chi connectivity index (χ2v) is 19.3. The van der Waals surface area contributed by atoms with Crippen LogP contribution in [0.25, 0.3) is 32.9 Å². The SMILES string of the molecule is C=C[C@H]1C[NH2+][C@H]([C@H](OC(=O)Cc2ccccc2Cl)c2ccnc3c(-c4ccc(C(C(=O)O[C@@H](c5ccnc6ccccc56)[C@H]5C[C@H](CC)[C@@H](C=C)C[NH2+]5)c5ccccc5)cc4)cccc23)C[C@@H]1CC. The number of pyridine rings is 2. The summed E-state index contributed by atoms with van der Waals surface area (Å²) in [5.74, 6) is 0.334. The summed E-state index contributed by atoms with van der Waals surface area (Å²) in [6.45, 7) is 14.5. The number of benzene rings is 5. The van der Waals surface area contributed by atoms with E-state index in [1.54, 1.807) is 6.07 Å². The van der Waals surface area contributed by atoms with Gasteiger partial charge in [-0.3, -0.25) is 19.6 Å². The Kier molecular flexibility index (Phi) is 15.1. The highest BCUT2D eigenvalue weighted by molar-refractivity contribution is 6.31. The number of piperidine rings is 2. The molecule has 0 aliphatic carbocycles. The fraction of sp³-hybridized carbons (Fsp3) is 0.300. The summed E-state index contributed by atoms with van der Waals surface area (Å²) in [5.41, 5.74) is 7.88. The summed E-state index contributed by atoms with van der Waals surface area (Å²) in [6, 6.07) is 43.9. The second-order valence-electron chi connectivity index (χ2n) is 18.9. The highest BCUT2D eigenvalue weighted by Crippen LogP contribution is 2.39. The maximum atomic E-state index is 15.1. The molecule has 0 amide bonds. The maximum Gasteiger partial charge on any atom is 0.318 e. The van der Waals surface area contributed by atoms with Gasteiger partial charge in [0, 0.05) is 69.6 Å². The summed E-state index contributed by atoms with van der Waals surface area (Å²) >= 11 is 6.51. The lowest BCUT2D eigenvalue weighted by atomic mass is 9.78. The summed E-state index contributed by atoms with van der Waals surface area (Å²) in [4.78, 5) is 38.6. The minimum atomic E-state index is -0.680. The number of hydrogen-bond donors (Lipinski definition) is 2. The zero-order valence-corrected chi connectivity index (χ0v) is 40.4. The molecular formula is C60H63ClN4O4+2. The van der Waals surface area contributed by atoms with Crippen molar-refractivity contribution in [2.75, 3.05) is 13.1 Å². The van der Waals surface area contributed by atoms with Crippen molar-refractivity contribution in [1.29, 1.82) is 0 Å². The van der Waals surface area contributed by atoms with E-state index in [9.17, 15) is 4.79 Å². The van der Waals surface area contributed by atoms with Gasteiger partial charge in [-0.15, -0.1) is 13.2 Å². The van der Waals surface area contributed by atoms with Gasteiger partial charge in [-0.2, -0.15) is 0 Å². The summed E-state index contributed by atoms with van der Waals surface area (Å²) in [7, 11) is 0. The van der Waals surface area contributed by atoms with Gasteiger partial charge in [-0.05, 0) is 58.4 Å². The number of para-hydroxylation sites is 2. The predicted octanol–water partition coefficient (Wildman–Crippen LogP) is 10.7. The van der Waals surface area contributed by atoms with Gasteiger partial charge in [-0.25, -0.2) is 0 Å². The average molecular weight is 940 g/mol. The van der Waals surface area contributed by atoms with Gasteiger partial charge in [-0.1, -0.05) is 160 Å². The Morgan fingerprint density at radius 1 is 0.667 bits per heavy atom. The lowest BCUT2D eigenvalue weighted by Gasteiger charge is -2.36. The largest absolute Gasteiger partial charge is 0.451 e. The topological polar surface area (TPSA) is 112 Å². The van der Waals surface area contributed by atoms with Crippen LogP contribution in [0.3, 0.4) is 0 Å². The second kappa shape index (κ2) is 21.9. The maximum absolute atomic E-state index is 15.1. The smallest absolute Gasteiger partial charge is 0.318 e. The number of nitrogens with zero attached hydrogens (tertiary/aromatic N) is 2. The number of carbonyl (C=O) groups excluding carboxylic acids is 2. The number of aromatic nitrogens is 2. The first-order valence-corrected chi connectivity index (χ1v) is 25.1. The van der Waals surface area contributed by atoms with Crippen LogP contribution in [-0.2, 0) is 25.5 Å². The van der Waals surface area contributed by atoms with E-state index in [0.717, 1.165) is 99.5 Å². The first-order valence-electron chi connectivity index (χ1n) is 24.7. The molecule has 9 rings (SSSR count). The first-order chi connectivity index (χ1) is 33.8. The van der Waals surface area contributed by atoms with Gasteiger partial charge in [0.05, 0.1) is 30.5 Å². The van der Waals surface area contributed by atoms with E-state index in [0.29, 0.717) is 28.7 Å². The third-order valence-electron chi connectivity index (χ3n) is 15.0. The van der Waals surface area contributed by atoms with Crippen LogP contribution < -0.4 is 10.6 Å². The zero-order chi connectivity index (χ0) is 47.9. The van der Waals surface area contributed by atoms with Gasteiger partial charge >= 0.3 is 11.9 Å². The number of esters is 2.